The number of ether oxygens (including phenoxy) is 7. The lowest BCUT2D eigenvalue weighted by atomic mass is 10.1. The van der Waals surface area contributed by atoms with Crippen molar-refractivity contribution < 1.29 is 66.7 Å². The van der Waals surface area contributed by atoms with Gasteiger partial charge < -0.3 is 70.4 Å². The monoisotopic (exact) mass is 1460 g/mol. The second-order valence-corrected chi connectivity index (χ2v) is 26.9. The van der Waals surface area contributed by atoms with Gasteiger partial charge in [0.15, 0.2) is 34.5 Å². The Morgan fingerprint density at radius 1 is 0.343 bits per heavy atom. The van der Waals surface area contributed by atoms with Crippen molar-refractivity contribution >= 4 is 41.5 Å². The number of hydrogen-bond acceptors (Lipinski definition) is 16. The number of nitrogens with one attached hydrogen (secondary N) is 7. The number of benzene rings is 9. The van der Waals surface area contributed by atoms with Crippen LogP contribution in [0.15, 0.2) is 218 Å². The van der Waals surface area contributed by atoms with E-state index in [-0.39, 0.29) is 192 Å². The molecule has 23 heteroatoms. The number of alkyl carbamates (subject to hydrolysis) is 1. The van der Waals surface area contributed by atoms with Crippen molar-refractivity contribution in [3.05, 3.63) is 285 Å². The first-order valence-electron chi connectivity index (χ1n) is 36.2. The highest BCUT2D eigenvalue weighted by Gasteiger charge is 2.31. The van der Waals surface area contributed by atoms with Crippen molar-refractivity contribution in [1.29, 1.82) is 0 Å². The van der Waals surface area contributed by atoms with E-state index in [9.17, 15) is 14.4 Å². The summed E-state index contributed by atoms with van der Waals surface area (Å²) in [5, 5.41) is 21.5. The van der Waals surface area contributed by atoms with Crippen LogP contribution in [0.4, 0.5) is 4.79 Å². The number of carbonyl (C=O) groups is 7. The lowest BCUT2D eigenvalue weighted by molar-refractivity contribution is 0.0524. The molecule has 0 aromatic heterocycles. The second-order valence-electron chi connectivity index (χ2n) is 26.9. The SMILES string of the molecule is CC(C)(C)OC(=O)NCC[C@H]1CN2CCNC(=O)c3ccc(c(OCc4ccccc4)c3OCc3ccccc3)C(=O)NCCN(CCNC(=O)c3ccc(c(OCc4ccccc4)c3OCc3ccccc3)C(=O)NCC2)CCNC(=O)c2ccc(c(OCc3ccccc3)c2OCc2ccccc2)C(=O)N1. The molecule has 0 fully saturated rings. The van der Waals surface area contributed by atoms with Crippen LogP contribution >= 0.6 is 0 Å². The summed E-state index contributed by atoms with van der Waals surface area (Å²) in [6, 6.07) is 64.4. The van der Waals surface area contributed by atoms with Crippen LogP contribution in [0.5, 0.6) is 34.5 Å². The number of fused-ring (bicyclic) bond motifs is 18. The number of rotatable bonds is 21. The Morgan fingerprint density at radius 3 is 0.815 bits per heavy atom. The smallest absolute Gasteiger partial charge is 0.407 e. The molecule has 12 rings (SSSR count). The summed E-state index contributed by atoms with van der Waals surface area (Å²) in [4.78, 5) is 108. The van der Waals surface area contributed by atoms with Crippen molar-refractivity contribution in [3.8, 4) is 34.5 Å². The van der Waals surface area contributed by atoms with Gasteiger partial charge in [0.1, 0.15) is 45.2 Å². The van der Waals surface area contributed by atoms with Crippen LogP contribution in [0.3, 0.4) is 0 Å². The summed E-state index contributed by atoms with van der Waals surface area (Å²) in [6.07, 6.45) is -0.581. The number of amides is 7. The lowest BCUT2D eigenvalue weighted by Crippen LogP contribution is -2.49. The fourth-order valence-corrected chi connectivity index (χ4v) is 12.2. The van der Waals surface area contributed by atoms with Crippen molar-refractivity contribution in [2.75, 3.05) is 78.5 Å². The first kappa shape index (κ1) is 76.9. The molecule has 3 aliphatic rings. The molecule has 3 aliphatic heterocycles. The van der Waals surface area contributed by atoms with Gasteiger partial charge in [0.05, 0.1) is 33.4 Å². The average molecular weight is 1460 g/mol. The van der Waals surface area contributed by atoms with Crippen molar-refractivity contribution in [2.45, 2.75) is 78.5 Å². The zero-order valence-corrected chi connectivity index (χ0v) is 60.9. The second kappa shape index (κ2) is 38.7. The van der Waals surface area contributed by atoms with Gasteiger partial charge in [-0.3, -0.25) is 38.6 Å². The molecule has 7 amide bonds. The van der Waals surface area contributed by atoms with Gasteiger partial charge in [0, 0.05) is 84.6 Å². The highest BCUT2D eigenvalue weighted by atomic mass is 16.6. The summed E-state index contributed by atoms with van der Waals surface area (Å²) in [5.74, 6) is -3.38. The molecule has 0 spiro atoms. The zero-order valence-electron chi connectivity index (χ0n) is 60.9. The molecule has 0 unspecified atom stereocenters. The summed E-state index contributed by atoms with van der Waals surface area (Å²) < 4.78 is 45.5. The van der Waals surface area contributed by atoms with Gasteiger partial charge in [0.2, 0.25) is 0 Å². The average Bonchev–Trinajstić information content (AvgIpc) is 0.802. The molecule has 9 aromatic carbocycles. The minimum atomic E-state index is -0.837. The van der Waals surface area contributed by atoms with E-state index in [1.54, 1.807) is 20.8 Å². The molecule has 108 heavy (non-hydrogen) atoms. The van der Waals surface area contributed by atoms with Crippen LogP contribution in [0.1, 0.15) is 123 Å². The van der Waals surface area contributed by atoms with Gasteiger partial charge in [-0.1, -0.05) is 182 Å². The van der Waals surface area contributed by atoms with E-state index in [1.807, 2.05) is 192 Å². The lowest BCUT2D eigenvalue weighted by Gasteiger charge is -2.29. The van der Waals surface area contributed by atoms with E-state index in [4.69, 9.17) is 33.2 Å². The normalized spacial score (nSPS) is 16.3. The Labute approximate surface area is 628 Å². The molecule has 3 heterocycles. The van der Waals surface area contributed by atoms with Crippen molar-refractivity contribution in [1.82, 2.24) is 47.0 Å². The number of nitrogens with zero attached hydrogens (tertiary/aromatic N) is 2. The molecule has 1 atom stereocenters. The third-order valence-electron chi connectivity index (χ3n) is 17.7. The topological polar surface area (TPSA) is 275 Å². The highest BCUT2D eigenvalue weighted by Crippen LogP contribution is 2.40. The van der Waals surface area contributed by atoms with Crippen molar-refractivity contribution in [2.24, 2.45) is 0 Å². The Bertz CT molecular complexity index is 4320. The summed E-state index contributed by atoms with van der Waals surface area (Å²) in [7, 11) is 0. The van der Waals surface area contributed by atoms with Gasteiger partial charge in [-0.2, -0.15) is 0 Å². The molecule has 0 radical (unpaired) electrons. The Morgan fingerprint density at radius 2 is 0.574 bits per heavy atom. The van der Waals surface area contributed by atoms with Gasteiger partial charge in [0.25, 0.3) is 35.4 Å². The van der Waals surface area contributed by atoms with Crippen LogP contribution in [0.25, 0.3) is 0 Å². The molecule has 23 nitrogen and oxygen atoms in total. The number of hydrogen-bond donors (Lipinski definition) is 7. The summed E-state index contributed by atoms with van der Waals surface area (Å²) in [5.41, 5.74) is 4.14. The van der Waals surface area contributed by atoms with Gasteiger partial charge >= 0.3 is 6.09 Å². The maximum atomic E-state index is 15.6. The van der Waals surface area contributed by atoms with E-state index in [0.717, 1.165) is 33.4 Å². The zero-order chi connectivity index (χ0) is 75.5. The maximum Gasteiger partial charge on any atom is 0.407 e. The molecule has 0 aliphatic carbocycles. The van der Waals surface area contributed by atoms with Crippen LogP contribution in [-0.2, 0) is 44.4 Å². The molecule has 560 valence electrons. The fraction of sp³-hybridized carbons (Fsp3) is 0.282. The Balaban J connectivity index is 1.03. The molecule has 0 saturated carbocycles. The summed E-state index contributed by atoms with van der Waals surface area (Å²) >= 11 is 0. The quantitative estimate of drug-likeness (QED) is 0.0352. The maximum absolute atomic E-state index is 15.6. The fourth-order valence-electron chi connectivity index (χ4n) is 12.2. The van der Waals surface area contributed by atoms with E-state index in [0.29, 0.717) is 0 Å². The van der Waals surface area contributed by atoms with E-state index in [2.05, 4.69) is 37.2 Å². The van der Waals surface area contributed by atoms with Gasteiger partial charge in [-0.25, -0.2) is 4.79 Å². The van der Waals surface area contributed by atoms with Crippen LogP contribution in [-0.4, -0.2) is 142 Å². The minimum absolute atomic E-state index is 0.00339. The molecular formula is C85H91N9O14. The van der Waals surface area contributed by atoms with Gasteiger partial charge in [-0.05, 0) is 97.0 Å². The molecule has 7 N–H and O–H groups in total. The largest absolute Gasteiger partial charge is 0.484 e. The van der Waals surface area contributed by atoms with Crippen LogP contribution < -0.4 is 65.6 Å². The highest BCUT2D eigenvalue weighted by molar-refractivity contribution is 6.05. The molecule has 0 saturated heterocycles. The van der Waals surface area contributed by atoms with E-state index < -0.39 is 53.2 Å². The van der Waals surface area contributed by atoms with Crippen LogP contribution in [0.2, 0.25) is 0 Å². The predicted octanol–water partition coefficient (Wildman–Crippen LogP) is 10.9. The third kappa shape index (κ3) is 22.4. The first-order valence-corrected chi connectivity index (χ1v) is 36.2. The molecular weight excluding hydrogens is 1370 g/mol. The third-order valence-corrected chi connectivity index (χ3v) is 17.7. The minimum Gasteiger partial charge on any atom is -0.484 e. The standard InChI is InChI=1S/C85H91N9O14/c1-85(2,3)108-84(101)91-41-40-65-52-94-50-45-89-81(98)68-36-34-66(72(102-53-59-22-10-4-11-23-59)74(68)104-55-61-26-14-6-15-27-61)78(95)86-42-47-93(49-44-88-80(97)70-38-39-71(83(100)92-65)77(107-58-64-32-20-9-21-33-64)76(70)106-57-63-30-18-8-19-31-63)48-43-87-79(96)67-35-37-69(82(99)90-46-51-94)75(105-56-62-28-16-7-17-29-62)73(67)103-54-60-24-12-5-13-25-60/h4-39,65H,40-58H2,1-3H3,(H,86,95)(H,87,96)(H,88,97)(H,89,98)(H,90,99)(H,91,101)(H,92,100)/t65-/m0/s1. The summed E-state index contributed by atoms with van der Waals surface area (Å²) in [6.45, 7) is 5.87. The molecule has 9 aromatic rings. The Hall–Kier alpha value is -12.2. The van der Waals surface area contributed by atoms with E-state index >= 15 is 19.2 Å². The first-order chi connectivity index (χ1) is 52.6. The van der Waals surface area contributed by atoms with Crippen LogP contribution in [0, 0.1) is 0 Å². The van der Waals surface area contributed by atoms with Gasteiger partial charge in [-0.15, -0.1) is 0 Å². The van der Waals surface area contributed by atoms with Crippen molar-refractivity contribution in [3.63, 3.8) is 0 Å². The molecule has 8 bridgehead atoms. The van der Waals surface area contributed by atoms with E-state index in [1.165, 1.54) is 36.4 Å². The number of carbonyl (C=O) groups excluding carboxylic acids is 7. The Kier molecular flexibility index (Phi) is 27.6. The predicted molar refractivity (Wildman–Crippen MR) is 409 cm³/mol.